The Hall–Kier alpha value is -1.56. The Bertz CT molecular complexity index is 235. The van der Waals surface area contributed by atoms with E-state index in [9.17, 15) is 9.59 Å². The van der Waals surface area contributed by atoms with Gasteiger partial charge in [0.05, 0.1) is 5.57 Å². The minimum atomic E-state index is -1.06. The molecule has 0 aliphatic carbocycles. The number of nitrogens with two attached hydrogens (primary N) is 2. The molecule has 5 N–H and O–H groups in total. The van der Waals surface area contributed by atoms with Crippen molar-refractivity contribution >= 4 is 11.8 Å². The van der Waals surface area contributed by atoms with Gasteiger partial charge in [0.25, 0.3) is 5.91 Å². The van der Waals surface area contributed by atoms with E-state index in [1.165, 1.54) is 6.20 Å². The van der Waals surface area contributed by atoms with E-state index in [4.69, 9.17) is 11.5 Å². The highest BCUT2D eigenvalue weighted by atomic mass is 16.7. The zero-order valence-electron chi connectivity index (χ0n) is 5.53. The minimum absolute atomic E-state index is 0.0394. The third-order valence-electron chi connectivity index (χ3n) is 1.23. The van der Waals surface area contributed by atoms with E-state index in [1.54, 1.807) is 0 Å². The topological polar surface area (TPSA) is 107 Å². The highest BCUT2D eigenvalue weighted by molar-refractivity contribution is 6.00. The van der Waals surface area contributed by atoms with Gasteiger partial charge >= 0.3 is 0 Å². The summed E-state index contributed by atoms with van der Waals surface area (Å²) >= 11 is 0. The standard InChI is InChI=1S/C5H7N3O3/c6-4(9)2-1-8-11-3(2)5(7)10/h1,3,8H,(H2,6,9)(H2,7,10). The lowest BCUT2D eigenvalue weighted by Gasteiger charge is -2.04. The van der Waals surface area contributed by atoms with E-state index in [0.29, 0.717) is 0 Å². The van der Waals surface area contributed by atoms with Gasteiger partial charge in [0.2, 0.25) is 5.91 Å². The lowest BCUT2D eigenvalue weighted by molar-refractivity contribution is -0.130. The second-order valence-electron chi connectivity index (χ2n) is 1.98. The minimum Gasteiger partial charge on any atom is -0.367 e. The number of hydrogen-bond donors (Lipinski definition) is 3. The van der Waals surface area contributed by atoms with Crippen molar-refractivity contribution in [1.82, 2.24) is 5.48 Å². The zero-order valence-corrected chi connectivity index (χ0v) is 5.53. The summed E-state index contributed by atoms with van der Waals surface area (Å²) < 4.78 is 0. The van der Waals surface area contributed by atoms with Crippen LogP contribution in [0.1, 0.15) is 0 Å². The van der Waals surface area contributed by atoms with E-state index >= 15 is 0 Å². The molecular weight excluding hydrogens is 150 g/mol. The van der Waals surface area contributed by atoms with Crippen LogP contribution in [0, 0.1) is 0 Å². The number of amides is 2. The lowest BCUT2D eigenvalue weighted by Crippen LogP contribution is -2.35. The van der Waals surface area contributed by atoms with Crippen molar-refractivity contribution in [3.63, 3.8) is 0 Å². The van der Waals surface area contributed by atoms with Crippen LogP contribution in [0.5, 0.6) is 0 Å². The Morgan fingerprint density at radius 3 is 2.55 bits per heavy atom. The van der Waals surface area contributed by atoms with E-state index in [2.05, 4.69) is 10.3 Å². The molecule has 0 radical (unpaired) electrons. The fraction of sp³-hybridized carbons (Fsp3) is 0.200. The molecular formula is C5H7N3O3. The first-order valence-electron chi connectivity index (χ1n) is 2.83. The molecule has 6 heteroatoms. The average molecular weight is 157 g/mol. The largest absolute Gasteiger partial charge is 0.367 e. The second-order valence-corrected chi connectivity index (χ2v) is 1.98. The molecule has 11 heavy (non-hydrogen) atoms. The molecule has 0 saturated carbocycles. The number of carbonyl (C=O) groups is 2. The number of hydroxylamine groups is 1. The van der Waals surface area contributed by atoms with Gasteiger partial charge in [0, 0.05) is 6.20 Å². The summed E-state index contributed by atoms with van der Waals surface area (Å²) in [6.45, 7) is 0. The van der Waals surface area contributed by atoms with Gasteiger partial charge in [0.15, 0.2) is 6.10 Å². The Morgan fingerprint density at radius 2 is 2.18 bits per heavy atom. The van der Waals surface area contributed by atoms with Gasteiger partial charge in [-0.15, -0.1) is 0 Å². The molecule has 0 bridgehead atoms. The van der Waals surface area contributed by atoms with Crippen LogP contribution in [0.4, 0.5) is 0 Å². The van der Waals surface area contributed by atoms with Crippen molar-refractivity contribution in [1.29, 1.82) is 0 Å². The molecule has 0 aromatic heterocycles. The Kier molecular flexibility index (Phi) is 1.77. The highest BCUT2D eigenvalue weighted by Gasteiger charge is 2.29. The first-order chi connectivity index (χ1) is 5.13. The fourth-order valence-electron chi connectivity index (χ4n) is 0.716. The molecule has 1 unspecified atom stereocenters. The molecule has 2 amide bonds. The van der Waals surface area contributed by atoms with Crippen LogP contribution in [0.25, 0.3) is 0 Å². The average Bonchev–Trinajstić information content (AvgIpc) is 2.32. The summed E-state index contributed by atoms with van der Waals surface area (Å²) in [7, 11) is 0. The maximum absolute atomic E-state index is 10.5. The first-order valence-corrected chi connectivity index (χ1v) is 2.83. The van der Waals surface area contributed by atoms with Crippen LogP contribution >= 0.6 is 0 Å². The Balaban J connectivity index is 2.79. The number of primary amides is 2. The van der Waals surface area contributed by atoms with Crippen LogP contribution in [-0.2, 0) is 14.4 Å². The molecule has 0 fully saturated rings. The molecule has 0 saturated heterocycles. The van der Waals surface area contributed by atoms with Crippen LogP contribution in [0.15, 0.2) is 11.8 Å². The van der Waals surface area contributed by atoms with Gasteiger partial charge in [-0.05, 0) is 0 Å². The van der Waals surface area contributed by atoms with Crippen molar-refractivity contribution in [3.05, 3.63) is 11.8 Å². The molecule has 0 aromatic rings. The third-order valence-corrected chi connectivity index (χ3v) is 1.23. The molecule has 0 spiro atoms. The molecule has 1 rings (SSSR count). The molecule has 1 atom stereocenters. The van der Waals surface area contributed by atoms with Gasteiger partial charge in [-0.25, -0.2) is 0 Å². The summed E-state index contributed by atoms with van der Waals surface area (Å²) in [5.74, 6) is -1.47. The number of rotatable bonds is 2. The smallest absolute Gasteiger partial charge is 0.254 e. The fourth-order valence-corrected chi connectivity index (χ4v) is 0.716. The van der Waals surface area contributed by atoms with Gasteiger partial charge in [0.1, 0.15) is 0 Å². The monoisotopic (exact) mass is 157 g/mol. The summed E-state index contributed by atoms with van der Waals surface area (Å²) in [5, 5.41) is 0. The summed E-state index contributed by atoms with van der Waals surface area (Å²) in [6.07, 6.45) is 0.144. The van der Waals surface area contributed by atoms with E-state index < -0.39 is 17.9 Å². The number of hydrogen-bond acceptors (Lipinski definition) is 4. The van der Waals surface area contributed by atoms with Crippen LogP contribution < -0.4 is 16.9 Å². The van der Waals surface area contributed by atoms with E-state index in [1.807, 2.05) is 0 Å². The highest BCUT2D eigenvalue weighted by Crippen LogP contribution is 2.09. The molecule has 1 heterocycles. The lowest BCUT2D eigenvalue weighted by atomic mass is 10.1. The van der Waals surface area contributed by atoms with Crippen molar-refractivity contribution < 1.29 is 14.4 Å². The normalized spacial score (nSPS) is 22.2. The second kappa shape index (κ2) is 2.59. The predicted molar refractivity (Wildman–Crippen MR) is 34.5 cm³/mol. The van der Waals surface area contributed by atoms with Gasteiger partial charge in [-0.2, -0.15) is 0 Å². The molecule has 6 nitrogen and oxygen atoms in total. The Labute approximate surface area is 62.1 Å². The molecule has 0 aromatic carbocycles. The van der Waals surface area contributed by atoms with Crippen molar-refractivity contribution in [2.24, 2.45) is 11.5 Å². The maximum Gasteiger partial charge on any atom is 0.254 e. The van der Waals surface area contributed by atoms with Crippen LogP contribution in [-0.4, -0.2) is 17.9 Å². The SMILES string of the molecule is NC(=O)C1=CNOC1C(N)=O. The van der Waals surface area contributed by atoms with Gasteiger partial charge in [-0.1, -0.05) is 0 Å². The Morgan fingerprint density at radius 1 is 1.55 bits per heavy atom. The quantitative estimate of drug-likeness (QED) is 0.420. The third kappa shape index (κ3) is 1.30. The number of nitrogens with one attached hydrogen (secondary N) is 1. The van der Waals surface area contributed by atoms with Gasteiger partial charge in [-0.3, -0.25) is 19.9 Å². The van der Waals surface area contributed by atoms with Crippen molar-refractivity contribution in [2.45, 2.75) is 6.10 Å². The van der Waals surface area contributed by atoms with Crippen LogP contribution in [0.2, 0.25) is 0 Å². The summed E-state index contributed by atoms with van der Waals surface area (Å²) in [6, 6.07) is 0. The van der Waals surface area contributed by atoms with Gasteiger partial charge < -0.3 is 11.5 Å². The summed E-state index contributed by atoms with van der Waals surface area (Å²) in [4.78, 5) is 25.6. The van der Waals surface area contributed by atoms with Crippen molar-refractivity contribution in [2.75, 3.05) is 0 Å². The van der Waals surface area contributed by atoms with E-state index in [-0.39, 0.29) is 5.57 Å². The molecule has 1 aliphatic heterocycles. The molecule has 1 aliphatic rings. The maximum atomic E-state index is 10.5. The van der Waals surface area contributed by atoms with Crippen LogP contribution in [0.3, 0.4) is 0 Å². The van der Waals surface area contributed by atoms with E-state index in [0.717, 1.165) is 0 Å². The van der Waals surface area contributed by atoms with Crippen molar-refractivity contribution in [3.8, 4) is 0 Å². The first kappa shape index (κ1) is 7.55. The molecule has 60 valence electrons. The predicted octanol–water partition coefficient (Wildman–Crippen LogP) is -2.26. The summed E-state index contributed by atoms with van der Waals surface area (Å²) in [5.41, 5.74) is 12.0. The zero-order chi connectivity index (χ0) is 8.43. The number of carbonyl (C=O) groups excluding carboxylic acids is 2.